The van der Waals surface area contributed by atoms with Gasteiger partial charge in [-0.3, -0.25) is 0 Å². The summed E-state index contributed by atoms with van der Waals surface area (Å²) in [7, 11) is 0. The molecule has 0 aliphatic carbocycles. The summed E-state index contributed by atoms with van der Waals surface area (Å²) in [6.45, 7) is 0. The van der Waals surface area contributed by atoms with Crippen LogP contribution in [0.3, 0.4) is 0 Å². The monoisotopic (exact) mass is 653 g/mol. The molecule has 0 aliphatic heterocycles. The maximum atomic E-state index is 7.05. The number of fused-ring (bicyclic) bond motifs is 10. The average molecular weight is 654 g/mol. The summed E-state index contributed by atoms with van der Waals surface area (Å²) < 4.78 is 15.7. The van der Waals surface area contributed by atoms with Crippen molar-refractivity contribution in [3.63, 3.8) is 0 Å². The van der Waals surface area contributed by atoms with E-state index in [-0.39, 0.29) is 0 Å². The fourth-order valence-electron chi connectivity index (χ4n) is 7.77. The van der Waals surface area contributed by atoms with E-state index in [0.29, 0.717) is 5.82 Å². The van der Waals surface area contributed by atoms with E-state index in [4.69, 9.17) is 18.8 Å². The molecule has 0 saturated heterocycles. The van der Waals surface area contributed by atoms with Crippen LogP contribution in [0.1, 0.15) is 0 Å². The van der Waals surface area contributed by atoms with Crippen LogP contribution in [-0.2, 0) is 0 Å². The Balaban J connectivity index is 1.20. The standard InChI is InChI=1S/C46H27N3O2/c1-3-13-28(14-4-1)35-27-36(48-46(47-35)29-15-5-2-6-16-29)32-20-11-19-30-31-25-26-39-43(45(31)51-44(30)32)33-17-7-9-21-37(33)49(39)38-22-12-24-41-42(38)34-18-8-10-23-40(34)50-41/h1-27H. The molecule has 5 heteroatoms. The van der Waals surface area contributed by atoms with Crippen LogP contribution in [0.4, 0.5) is 0 Å². The van der Waals surface area contributed by atoms with Crippen LogP contribution in [0.5, 0.6) is 0 Å². The number of benzene rings is 7. The molecule has 0 bridgehead atoms. The summed E-state index contributed by atoms with van der Waals surface area (Å²) in [4.78, 5) is 10.2. The molecule has 4 heterocycles. The normalized spacial score (nSPS) is 11.9. The fraction of sp³-hybridized carbons (Fsp3) is 0. The first-order valence-corrected chi connectivity index (χ1v) is 17.1. The van der Waals surface area contributed by atoms with Crippen molar-refractivity contribution in [3.05, 3.63) is 164 Å². The van der Waals surface area contributed by atoms with Crippen molar-refractivity contribution in [1.29, 1.82) is 0 Å². The van der Waals surface area contributed by atoms with Gasteiger partial charge in [0.2, 0.25) is 0 Å². The van der Waals surface area contributed by atoms with E-state index in [9.17, 15) is 0 Å². The molecule has 5 nitrogen and oxygen atoms in total. The summed E-state index contributed by atoms with van der Waals surface area (Å²) in [6.07, 6.45) is 0. The highest BCUT2D eigenvalue weighted by Crippen LogP contribution is 2.44. The van der Waals surface area contributed by atoms with Gasteiger partial charge in [-0.2, -0.15) is 0 Å². The van der Waals surface area contributed by atoms with Crippen molar-refractivity contribution in [2.75, 3.05) is 0 Å². The van der Waals surface area contributed by atoms with Gasteiger partial charge in [0.15, 0.2) is 5.82 Å². The van der Waals surface area contributed by atoms with E-state index >= 15 is 0 Å². The van der Waals surface area contributed by atoms with Crippen molar-refractivity contribution in [2.24, 2.45) is 0 Å². The van der Waals surface area contributed by atoms with Crippen LogP contribution in [-0.4, -0.2) is 14.5 Å². The van der Waals surface area contributed by atoms with E-state index in [2.05, 4.69) is 114 Å². The second kappa shape index (κ2) is 10.8. The largest absolute Gasteiger partial charge is 0.456 e. The van der Waals surface area contributed by atoms with E-state index in [1.807, 2.05) is 54.6 Å². The summed E-state index contributed by atoms with van der Waals surface area (Å²) in [6, 6.07) is 56.4. The van der Waals surface area contributed by atoms with Crippen molar-refractivity contribution >= 4 is 65.7 Å². The zero-order chi connectivity index (χ0) is 33.5. The SMILES string of the molecule is c1ccc(-c2cc(-c3cccc4c3oc3c4ccc4c3c3ccccc3n4-c3cccc4oc5ccccc5c34)nc(-c3ccccc3)n2)cc1. The Hall–Kier alpha value is -6.98. The first-order chi connectivity index (χ1) is 25.3. The Labute approximate surface area is 291 Å². The molecule has 0 radical (unpaired) electrons. The van der Waals surface area contributed by atoms with Crippen molar-refractivity contribution in [1.82, 2.24) is 14.5 Å². The predicted molar refractivity (Wildman–Crippen MR) is 207 cm³/mol. The molecule has 0 aliphatic rings. The molecule has 238 valence electrons. The van der Waals surface area contributed by atoms with Gasteiger partial charge in [0, 0.05) is 38.2 Å². The van der Waals surface area contributed by atoms with Gasteiger partial charge in [0.25, 0.3) is 0 Å². The topological polar surface area (TPSA) is 57.0 Å². The number of para-hydroxylation sites is 3. The Bertz CT molecular complexity index is 3080. The maximum Gasteiger partial charge on any atom is 0.160 e. The highest BCUT2D eigenvalue weighted by Gasteiger charge is 2.23. The van der Waals surface area contributed by atoms with Crippen LogP contribution in [0.25, 0.3) is 105 Å². The van der Waals surface area contributed by atoms with E-state index in [1.54, 1.807) is 0 Å². The van der Waals surface area contributed by atoms with Gasteiger partial charge in [-0.25, -0.2) is 9.97 Å². The number of nitrogens with zero attached hydrogens (tertiary/aromatic N) is 3. The van der Waals surface area contributed by atoms with Crippen LogP contribution in [0.15, 0.2) is 173 Å². The third-order valence-corrected chi connectivity index (χ3v) is 10.0. The minimum atomic E-state index is 0.673. The number of rotatable bonds is 4. The van der Waals surface area contributed by atoms with Crippen molar-refractivity contribution in [3.8, 4) is 39.6 Å². The van der Waals surface area contributed by atoms with Gasteiger partial charge in [-0.15, -0.1) is 0 Å². The number of hydrogen-bond donors (Lipinski definition) is 0. The quantitative estimate of drug-likeness (QED) is 0.190. The minimum absolute atomic E-state index is 0.673. The molecule has 0 amide bonds. The lowest BCUT2D eigenvalue weighted by Gasteiger charge is -2.09. The molecular formula is C46H27N3O2. The summed E-state index contributed by atoms with van der Waals surface area (Å²) in [5.74, 6) is 0.673. The average Bonchev–Trinajstić information content (AvgIpc) is 3.88. The Kier molecular flexibility index (Phi) is 5.89. The molecule has 0 fully saturated rings. The van der Waals surface area contributed by atoms with E-state index in [1.165, 1.54) is 0 Å². The first-order valence-electron chi connectivity index (χ1n) is 17.1. The van der Waals surface area contributed by atoms with Crippen LogP contribution in [0.2, 0.25) is 0 Å². The van der Waals surface area contributed by atoms with Crippen LogP contribution < -0.4 is 0 Å². The Morgan fingerprint density at radius 1 is 0.412 bits per heavy atom. The highest BCUT2D eigenvalue weighted by molar-refractivity contribution is 6.25. The van der Waals surface area contributed by atoms with Crippen molar-refractivity contribution < 1.29 is 8.83 Å². The van der Waals surface area contributed by atoms with Crippen molar-refractivity contribution in [2.45, 2.75) is 0 Å². The Morgan fingerprint density at radius 2 is 1.08 bits per heavy atom. The third kappa shape index (κ3) is 4.15. The van der Waals surface area contributed by atoms with E-state index < -0.39 is 0 Å². The lowest BCUT2D eigenvalue weighted by molar-refractivity contribution is 0.669. The molecule has 11 aromatic rings. The second-order valence-electron chi connectivity index (χ2n) is 12.9. The molecule has 0 N–H and O–H groups in total. The minimum Gasteiger partial charge on any atom is -0.456 e. The van der Waals surface area contributed by atoms with Gasteiger partial charge in [-0.05, 0) is 48.5 Å². The van der Waals surface area contributed by atoms with Gasteiger partial charge < -0.3 is 13.4 Å². The second-order valence-corrected chi connectivity index (χ2v) is 12.9. The molecule has 11 rings (SSSR count). The molecule has 51 heavy (non-hydrogen) atoms. The molecule has 0 spiro atoms. The van der Waals surface area contributed by atoms with Crippen LogP contribution >= 0.6 is 0 Å². The molecule has 4 aromatic heterocycles. The van der Waals surface area contributed by atoms with Gasteiger partial charge >= 0.3 is 0 Å². The zero-order valence-electron chi connectivity index (χ0n) is 27.2. The van der Waals surface area contributed by atoms with Gasteiger partial charge in [0.1, 0.15) is 22.3 Å². The fourth-order valence-corrected chi connectivity index (χ4v) is 7.77. The Morgan fingerprint density at radius 3 is 1.94 bits per heavy atom. The molecule has 7 aromatic carbocycles. The maximum absolute atomic E-state index is 7.05. The molecule has 0 unspecified atom stereocenters. The lowest BCUT2D eigenvalue weighted by atomic mass is 10.0. The predicted octanol–water partition coefficient (Wildman–Crippen LogP) is 12.4. The smallest absolute Gasteiger partial charge is 0.160 e. The van der Waals surface area contributed by atoms with Gasteiger partial charge in [0.05, 0.1) is 38.9 Å². The summed E-state index contributed by atoms with van der Waals surface area (Å²) in [5.41, 5.74) is 11.2. The van der Waals surface area contributed by atoms with E-state index in [0.717, 1.165) is 99.4 Å². The first kappa shape index (κ1) is 27.9. The molecule has 0 saturated carbocycles. The summed E-state index contributed by atoms with van der Waals surface area (Å²) in [5, 5.41) is 6.50. The summed E-state index contributed by atoms with van der Waals surface area (Å²) >= 11 is 0. The lowest BCUT2D eigenvalue weighted by Crippen LogP contribution is -1.96. The number of hydrogen-bond acceptors (Lipinski definition) is 4. The van der Waals surface area contributed by atoms with Crippen LogP contribution in [0, 0.1) is 0 Å². The third-order valence-electron chi connectivity index (χ3n) is 10.0. The zero-order valence-corrected chi connectivity index (χ0v) is 27.2. The molecule has 0 atom stereocenters. The highest BCUT2D eigenvalue weighted by atomic mass is 16.3. The number of aromatic nitrogens is 3. The number of furan rings is 2. The van der Waals surface area contributed by atoms with Gasteiger partial charge in [-0.1, -0.05) is 115 Å². The molecular weight excluding hydrogens is 627 g/mol.